The number of hydroxylamine groups is 1. The minimum Gasteiger partial charge on any atom is -0.342 e. The van der Waals surface area contributed by atoms with Gasteiger partial charge >= 0.3 is 0 Å². The SMILES string of the molecule is N#C/N=C(\N1CCCCC1)N1CC[C@H](C(=O)N2CC[C@H](c3ccccc3)C2)[C@@H](C(=O)NO)C1. The number of nitriles is 1. The van der Waals surface area contributed by atoms with E-state index in [4.69, 9.17) is 0 Å². The van der Waals surface area contributed by atoms with Crippen LogP contribution < -0.4 is 5.48 Å². The molecule has 33 heavy (non-hydrogen) atoms. The molecule has 9 nitrogen and oxygen atoms in total. The Balaban J connectivity index is 1.47. The van der Waals surface area contributed by atoms with Crippen LogP contribution in [0.4, 0.5) is 0 Å². The van der Waals surface area contributed by atoms with Crippen molar-refractivity contribution in [1.29, 1.82) is 5.26 Å². The average Bonchev–Trinajstić information content (AvgIpc) is 3.37. The standard InChI is InChI=1S/C24H32N6O3/c25-17-26-24(28-11-5-2-6-12-28)30-14-10-20(21(16-30)22(31)27-33)23(32)29-13-9-19(15-29)18-7-3-1-4-8-18/h1,3-4,7-8,19-21,33H,2,5-6,9-16H2,(H,27,31)/b26-24+/t19-,20-,21-/m0/s1. The number of guanidine groups is 1. The molecule has 1 aromatic rings. The molecule has 2 N–H and O–H groups in total. The molecule has 3 fully saturated rings. The van der Waals surface area contributed by atoms with Crippen LogP contribution in [0.1, 0.15) is 43.6 Å². The van der Waals surface area contributed by atoms with Gasteiger partial charge in [-0.05, 0) is 37.7 Å². The summed E-state index contributed by atoms with van der Waals surface area (Å²) >= 11 is 0. The highest BCUT2D eigenvalue weighted by molar-refractivity contribution is 5.89. The zero-order chi connectivity index (χ0) is 23.2. The van der Waals surface area contributed by atoms with Gasteiger partial charge in [-0.1, -0.05) is 30.3 Å². The average molecular weight is 453 g/mol. The first-order valence-electron chi connectivity index (χ1n) is 11.9. The summed E-state index contributed by atoms with van der Waals surface area (Å²) in [6, 6.07) is 10.2. The second-order valence-electron chi connectivity index (χ2n) is 9.16. The van der Waals surface area contributed by atoms with E-state index in [1.54, 1.807) is 5.48 Å². The summed E-state index contributed by atoms with van der Waals surface area (Å²) in [5.41, 5.74) is 2.99. The lowest BCUT2D eigenvalue weighted by molar-refractivity contribution is -0.147. The third-order valence-electron chi connectivity index (χ3n) is 7.22. The van der Waals surface area contributed by atoms with Gasteiger partial charge < -0.3 is 14.7 Å². The molecule has 176 valence electrons. The highest BCUT2D eigenvalue weighted by Gasteiger charge is 2.43. The summed E-state index contributed by atoms with van der Waals surface area (Å²) in [7, 11) is 0. The second-order valence-corrected chi connectivity index (χ2v) is 9.16. The molecule has 0 spiro atoms. The van der Waals surface area contributed by atoms with E-state index in [1.165, 1.54) is 5.56 Å². The van der Waals surface area contributed by atoms with Gasteiger partial charge in [0.1, 0.15) is 0 Å². The van der Waals surface area contributed by atoms with Crippen molar-refractivity contribution in [3.05, 3.63) is 35.9 Å². The van der Waals surface area contributed by atoms with Gasteiger partial charge in [-0.2, -0.15) is 5.26 Å². The van der Waals surface area contributed by atoms with Crippen molar-refractivity contribution in [2.45, 2.75) is 38.0 Å². The molecular formula is C24H32N6O3. The van der Waals surface area contributed by atoms with E-state index >= 15 is 0 Å². The lowest BCUT2D eigenvalue weighted by atomic mass is 9.83. The van der Waals surface area contributed by atoms with Crippen molar-refractivity contribution in [3.63, 3.8) is 0 Å². The van der Waals surface area contributed by atoms with Crippen LogP contribution >= 0.6 is 0 Å². The van der Waals surface area contributed by atoms with Gasteiger partial charge in [-0.25, -0.2) is 5.48 Å². The van der Waals surface area contributed by atoms with Crippen LogP contribution in [0.3, 0.4) is 0 Å². The van der Waals surface area contributed by atoms with E-state index in [1.807, 2.05) is 34.2 Å². The van der Waals surface area contributed by atoms with E-state index in [2.05, 4.69) is 22.0 Å². The number of amides is 2. The molecule has 0 unspecified atom stereocenters. The summed E-state index contributed by atoms with van der Waals surface area (Å²) in [4.78, 5) is 36.0. The number of likely N-dealkylation sites (tertiary alicyclic amines) is 3. The van der Waals surface area contributed by atoms with E-state index < -0.39 is 17.7 Å². The molecule has 3 saturated heterocycles. The van der Waals surface area contributed by atoms with Gasteiger partial charge in [0.2, 0.25) is 24.0 Å². The zero-order valence-electron chi connectivity index (χ0n) is 18.9. The predicted molar refractivity (Wildman–Crippen MR) is 122 cm³/mol. The molecule has 0 aliphatic carbocycles. The quantitative estimate of drug-likeness (QED) is 0.238. The number of hydrogen-bond donors (Lipinski definition) is 2. The Morgan fingerprint density at radius 1 is 0.939 bits per heavy atom. The molecule has 3 aliphatic rings. The summed E-state index contributed by atoms with van der Waals surface area (Å²) in [5, 5.41) is 18.6. The number of carbonyl (C=O) groups is 2. The Bertz CT molecular complexity index is 909. The maximum Gasteiger partial charge on any atom is 0.249 e. The van der Waals surface area contributed by atoms with Gasteiger partial charge in [-0.3, -0.25) is 14.8 Å². The lowest BCUT2D eigenvalue weighted by Crippen LogP contribution is -2.56. The van der Waals surface area contributed by atoms with Gasteiger partial charge in [0.05, 0.1) is 11.8 Å². The topological polar surface area (TPSA) is 112 Å². The first kappa shape index (κ1) is 23.1. The monoisotopic (exact) mass is 452 g/mol. The van der Waals surface area contributed by atoms with Gasteiger partial charge in [-0.15, -0.1) is 4.99 Å². The number of rotatable bonds is 3. The summed E-state index contributed by atoms with van der Waals surface area (Å²) in [6.45, 7) is 3.75. The number of nitrogens with zero attached hydrogens (tertiary/aromatic N) is 5. The Morgan fingerprint density at radius 3 is 2.36 bits per heavy atom. The molecule has 3 aliphatic heterocycles. The van der Waals surface area contributed by atoms with Crippen LogP contribution in [-0.2, 0) is 9.59 Å². The van der Waals surface area contributed by atoms with Gasteiger partial charge in [0.15, 0.2) is 0 Å². The largest absolute Gasteiger partial charge is 0.342 e. The molecule has 1 aromatic carbocycles. The summed E-state index contributed by atoms with van der Waals surface area (Å²) < 4.78 is 0. The predicted octanol–water partition coefficient (Wildman–Crippen LogP) is 1.77. The van der Waals surface area contributed by atoms with Crippen LogP contribution in [-0.4, -0.2) is 76.9 Å². The Kier molecular flexibility index (Phi) is 7.45. The zero-order valence-corrected chi connectivity index (χ0v) is 18.9. The van der Waals surface area contributed by atoms with E-state index in [-0.39, 0.29) is 12.5 Å². The number of nitrogens with one attached hydrogen (secondary N) is 1. The van der Waals surface area contributed by atoms with Crippen LogP contribution in [0.2, 0.25) is 0 Å². The number of carbonyl (C=O) groups excluding carboxylic acids is 2. The van der Waals surface area contributed by atoms with Crippen molar-refractivity contribution < 1.29 is 14.8 Å². The molecule has 0 bridgehead atoms. The molecule has 3 heterocycles. The first-order valence-corrected chi connectivity index (χ1v) is 11.9. The molecule has 2 amide bonds. The van der Waals surface area contributed by atoms with E-state index in [0.29, 0.717) is 37.9 Å². The molecule has 9 heteroatoms. The van der Waals surface area contributed by atoms with Crippen molar-refractivity contribution in [3.8, 4) is 6.19 Å². The highest BCUT2D eigenvalue weighted by atomic mass is 16.5. The van der Waals surface area contributed by atoms with Crippen LogP contribution in [0, 0.1) is 23.3 Å². The Hall–Kier alpha value is -3.12. The van der Waals surface area contributed by atoms with Crippen molar-refractivity contribution in [2.24, 2.45) is 16.8 Å². The molecule has 0 radical (unpaired) electrons. The minimum atomic E-state index is -0.708. The smallest absolute Gasteiger partial charge is 0.249 e. The summed E-state index contributed by atoms with van der Waals surface area (Å²) in [5.74, 6) is -0.934. The van der Waals surface area contributed by atoms with Crippen LogP contribution in [0.25, 0.3) is 0 Å². The van der Waals surface area contributed by atoms with Crippen molar-refractivity contribution in [2.75, 3.05) is 39.3 Å². The fourth-order valence-corrected chi connectivity index (χ4v) is 5.45. The van der Waals surface area contributed by atoms with Crippen LogP contribution in [0.15, 0.2) is 35.3 Å². The lowest BCUT2D eigenvalue weighted by Gasteiger charge is -2.42. The first-order chi connectivity index (χ1) is 16.1. The normalized spacial score (nSPS) is 26.1. The second kappa shape index (κ2) is 10.7. The summed E-state index contributed by atoms with van der Waals surface area (Å²) in [6.07, 6.45) is 6.51. The van der Waals surface area contributed by atoms with Crippen LogP contribution in [0.5, 0.6) is 0 Å². The van der Waals surface area contributed by atoms with E-state index in [9.17, 15) is 20.1 Å². The maximum absolute atomic E-state index is 13.5. The highest BCUT2D eigenvalue weighted by Crippen LogP contribution is 2.32. The van der Waals surface area contributed by atoms with E-state index in [0.717, 1.165) is 38.8 Å². The fourth-order valence-electron chi connectivity index (χ4n) is 5.45. The van der Waals surface area contributed by atoms with Gasteiger partial charge in [0, 0.05) is 45.2 Å². The fraction of sp³-hybridized carbons (Fsp3) is 0.583. The van der Waals surface area contributed by atoms with Gasteiger partial charge in [0.25, 0.3) is 0 Å². The number of benzene rings is 1. The number of aliphatic imine (C=N–C) groups is 1. The third-order valence-corrected chi connectivity index (χ3v) is 7.22. The minimum absolute atomic E-state index is 0.0292. The maximum atomic E-state index is 13.5. The van der Waals surface area contributed by atoms with Crippen molar-refractivity contribution >= 4 is 17.8 Å². The Morgan fingerprint density at radius 2 is 1.67 bits per heavy atom. The molecule has 0 aromatic heterocycles. The number of piperidine rings is 2. The molecular weight excluding hydrogens is 420 g/mol. The Labute approximate surface area is 194 Å². The molecule has 0 saturated carbocycles. The van der Waals surface area contributed by atoms with Crippen molar-refractivity contribution in [1.82, 2.24) is 20.2 Å². The third kappa shape index (κ3) is 5.11. The molecule has 4 rings (SSSR count). The number of hydrogen-bond acceptors (Lipinski definition) is 5. The molecule has 3 atom stereocenters.